The summed E-state index contributed by atoms with van der Waals surface area (Å²) in [6, 6.07) is 9.65. The highest BCUT2D eigenvalue weighted by Crippen LogP contribution is 2.32. The second-order valence-electron chi connectivity index (χ2n) is 6.32. The smallest absolute Gasteiger partial charge is 0.259 e. The monoisotopic (exact) mass is 335 g/mol. The van der Waals surface area contributed by atoms with Crippen molar-refractivity contribution in [3.63, 3.8) is 0 Å². The van der Waals surface area contributed by atoms with E-state index in [1.54, 1.807) is 6.92 Å². The van der Waals surface area contributed by atoms with Gasteiger partial charge in [-0.25, -0.2) is 0 Å². The molecule has 1 amide bonds. The van der Waals surface area contributed by atoms with Crippen LogP contribution in [0.2, 0.25) is 0 Å². The number of nitrogens with two attached hydrogens (primary N) is 1. The molecule has 1 fully saturated rings. The number of carbonyl (C=O) groups excluding carboxylic acids is 1. The summed E-state index contributed by atoms with van der Waals surface area (Å²) in [6.45, 7) is 5.90. The van der Waals surface area contributed by atoms with Crippen molar-refractivity contribution in [2.45, 2.75) is 20.3 Å². The molecule has 2 aromatic rings. The van der Waals surface area contributed by atoms with Crippen molar-refractivity contribution in [1.29, 1.82) is 0 Å². The van der Waals surface area contributed by atoms with Crippen LogP contribution in [0.25, 0.3) is 11.3 Å². The lowest BCUT2D eigenvalue weighted by molar-refractivity contribution is 0.0776. The zero-order valence-electron chi connectivity index (χ0n) is 13.4. The number of amides is 1. The van der Waals surface area contributed by atoms with E-state index in [1.165, 1.54) is 0 Å². The SMILES string of the molecule is Cc1onc(-c2ccccc2)c1C(=O)N1CCC(C)(CN)C1.Cl. The molecule has 1 aliphatic rings. The van der Waals surface area contributed by atoms with Crippen molar-refractivity contribution in [2.24, 2.45) is 11.1 Å². The molecule has 2 N–H and O–H groups in total. The van der Waals surface area contributed by atoms with Crippen LogP contribution in [-0.4, -0.2) is 35.6 Å². The zero-order valence-corrected chi connectivity index (χ0v) is 14.2. The molecule has 0 radical (unpaired) electrons. The summed E-state index contributed by atoms with van der Waals surface area (Å²) in [7, 11) is 0. The fraction of sp³-hybridized carbons (Fsp3) is 0.412. The Balaban J connectivity index is 0.00000192. The first-order chi connectivity index (χ1) is 10.5. The molecule has 1 aromatic carbocycles. The van der Waals surface area contributed by atoms with E-state index < -0.39 is 0 Å². The molecule has 124 valence electrons. The number of likely N-dealkylation sites (tertiary alicyclic amines) is 1. The van der Waals surface area contributed by atoms with Crippen LogP contribution in [0, 0.1) is 12.3 Å². The third-order valence-electron chi connectivity index (χ3n) is 4.46. The van der Waals surface area contributed by atoms with E-state index in [0.29, 0.717) is 30.1 Å². The van der Waals surface area contributed by atoms with E-state index >= 15 is 0 Å². The van der Waals surface area contributed by atoms with Crippen LogP contribution in [0.15, 0.2) is 34.9 Å². The van der Waals surface area contributed by atoms with Crippen LogP contribution >= 0.6 is 12.4 Å². The number of hydrogen-bond donors (Lipinski definition) is 1. The standard InChI is InChI=1S/C17H21N3O2.ClH/c1-12-14(15(19-22-12)13-6-4-3-5-7-13)16(21)20-9-8-17(2,10-18)11-20;/h3-7H,8-11,18H2,1-2H3;1H. The number of rotatable bonds is 3. The molecule has 1 aliphatic heterocycles. The van der Waals surface area contributed by atoms with Gasteiger partial charge in [0.2, 0.25) is 0 Å². The Morgan fingerprint density at radius 1 is 1.39 bits per heavy atom. The van der Waals surface area contributed by atoms with Gasteiger partial charge in [0.25, 0.3) is 5.91 Å². The maximum absolute atomic E-state index is 12.9. The fourth-order valence-electron chi connectivity index (χ4n) is 2.94. The molecular formula is C17H22ClN3O2. The highest BCUT2D eigenvalue weighted by atomic mass is 35.5. The number of aryl methyl sites for hydroxylation is 1. The highest BCUT2D eigenvalue weighted by molar-refractivity contribution is 6.00. The summed E-state index contributed by atoms with van der Waals surface area (Å²) in [5, 5.41) is 4.09. The Morgan fingerprint density at radius 3 is 2.70 bits per heavy atom. The van der Waals surface area contributed by atoms with E-state index in [-0.39, 0.29) is 23.7 Å². The fourth-order valence-corrected chi connectivity index (χ4v) is 2.94. The van der Waals surface area contributed by atoms with Gasteiger partial charge in [0.05, 0.1) is 0 Å². The molecule has 0 bridgehead atoms. The van der Waals surface area contributed by atoms with Gasteiger partial charge in [-0.2, -0.15) is 0 Å². The summed E-state index contributed by atoms with van der Waals surface area (Å²) in [4.78, 5) is 14.8. The molecule has 1 aromatic heterocycles. The third kappa shape index (κ3) is 3.26. The highest BCUT2D eigenvalue weighted by Gasteiger charge is 2.37. The lowest BCUT2D eigenvalue weighted by Crippen LogP contribution is -2.34. The van der Waals surface area contributed by atoms with E-state index in [4.69, 9.17) is 10.3 Å². The van der Waals surface area contributed by atoms with Crippen molar-refractivity contribution in [3.8, 4) is 11.3 Å². The first-order valence-corrected chi connectivity index (χ1v) is 7.55. The minimum atomic E-state index is -0.0187. The van der Waals surface area contributed by atoms with E-state index in [1.807, 2.05) is 35.2 Å². The predicted molar refractivity (Wildman–Crippen MR) is 91.6 cm³/mol. The van der Waals surface area contributed by atoms with Crippen molar-refractivity contribution in [2.75, 3.05) is 19.6 Å². The summed E-state index contributed by atoms with van der Waals surface area (Å²) in [5.41, 5.74) is 7.91. The molecule has 1 atom stereocenters. The number of carbonyl (C=O) groups is 1. The average molecular weight is 336 g/mol. The number of benzene rings is 1. The topological polar surface area (TPSA) is 72.4 Å². The molecule has 0 saturated carbocycles. The molecule has 5 nitrogen and oxygen atoms in total. The molecular weight excluding hydrogens is 314 g/mol. The zero-order chi connectivity index (χ0) is 15.7. The predicted octanol–water partition coefficient (Wildman–Crippen LogP) is 2.88. The van der Waals surface area contributed by atoms with Gasteiger partial charge < -0.3 is 15.2 Å². The quantitative estimate of drug-likeness (QED) is 0.936. The lowest BCUT2D eigenvalue weighted by atomic mass is 9.90. The minimum Gasteiger partial charge on any atom is -0.360 e. The van der Waals surface area contributed by atoms with Gasteiger partial charge in [-0.3, -0.25) is 4.79 Å². The number of hydrogen-bond acceptors (Lipinski definition) is 4. The van der Waals surface area contributed by atoms with Crippen molar-refractivity contribution in [3.05, 3.63) is 41.7 Å². The van der Waals surface area contributed by atoms with Crippen molar-refractivity contribution < 1.29 is 9.32 Å². The minimum absolute atomic E-state index is 0. The Hall–Kier alpha value is -1.85. The second kappa shape index (κ2) is 6.72. The van der Waals surface area contributed by atoms with Crippen LogP contribution in [0.4, 0.5) is 0 Å². The van der Waals surface area contributed by atoms with Crippen LogP contribution in [0.5, 0.6) is 0 Å². The van der Waals surface area contributed by atoms with E-state index in [2.05, 4.69) is 12.1 Å². The van der Waals surface area contributed by atoms with Crippen molar-refractivity contribution >= 4 is 18.3 Å². The number of halogens is 1. The number of nitrogens with zero attached hydrogens (tertiary/aromatic N) is 2. The molecule has 3 rings (SSSR count). The van der Waals surface area contributed by atoms with Crippen LogP contribution in [-0.2, 0) is 0 Å². The summed E-state index contributed by atoms with van der Waals surface area (Å²) in [6.07, 6.45) is 0.931. The molecule has 6 heteroatoms. The summed E-state index contributed by atoms with van der Waals surface area (Å²) >= 11 is 0. The molecule has 1 unspecified atom stereocenters. The van der Waals surface area contributed by atoms with Gasteiger partial charge in [-0.05, 0) is 25.3 Å². The summed E-state index contributed by atoms with van der Waals surface area (Å²) < 4.78 is 5.29. The molecule has 0 aliphatic carbocycles. The molecule has 1 saturated heterocycles. The van der Waals surface area contributed by atoms with Gasteiger partial charge >= 0.3 is 0 Å². The van der Waals surface area contributed by atoms with Gasteiger partial charge in [0.15, 0.2) is 0 Å². The van der Waals surface area contributed by atoms with E-state index in [9.17, 15) is 4.79 Å². The first kappa shape index (κ1) is 17.5. The average Bonchev–Trinajstić information content (AvgIpc) is 3.12. The largest absolute Gasteiger partial charge is 0.360 e. The van der Waals surface area contributed by atoms with Gasteiger partial charge in [-0.15, -0.1) is 12.4 Å². The van der Waals surface area contributed by atoms with Crippen LogP contribution in [0.1, 0.15) is 29.5 Å². The normalized spacial score (nSPS) is 20.4. The maximum atomic E-state index is 12.9. The van der Waals surface area contributed by atoms with Gasteiger partial charge in [0.1, 0.15) is 17.0 Å². The Labute approximate surface area is 142 Å². The second-order valence-corrected chi connectivity index (χ2v) is 6.32. The van der Waals surface area contributed by atoms with Gasteiger partial charge in [0, 0.05) is 18.7 Å². The number of aromatic nitrogens is 1. The molecule has 23 heavy (non-hydrogen) atoms. The van der Waals surface area contributed by atoms with Crippen LogP contribution < -0.4 is 5.73 Å². The van der Waals surface area contributed by atoms with Crippen LogP contribution in [0.3, 0.4) is 0 Å². The maximum Gasteiger partial charge on any atom is 0.259 e. The van der Waals surface area contributed by atoms with Gasteiger partial charge in [-0.1, -0.05) is 42.4 Å². The first-order valence-electron chi connectivity index (χ1n) is 7.55. The molecule has 2 heterocycles. The lowest BCUT2D eigenvalue weighted by Gasteiger charge is -2.22. The Morgan fingerprint density at radius 2 is 2.09 bits per heavy atom. The van der Waals surface area contributed by atoms with Crippen molar-refractivity contribution in [1.82, 2.24) is 10.1 Å². The summed E-state index contributed by atoms with van der Waals surface area (Å²) in [5.74, 6) is 0.542. The molecule has 0 spiro atoms. The Kier molecular flexibility index (Phi) is 5.12. The Bertz CT molecular complexity index is 686. The van der Waals surface area contributed by atoms with E-state index in [0.717, 1.165) is 18.5 Å². The third-order valence-corrected chi connectivity index (χ3v) is 4.46.